The summed E-state index contributed by atoms with van der Waals surface area (Å²) in [6.07, 6.45) is -3.17. The summed E-state index contributed by atoms with van der Waals surface area (Å²) in [6, 6.07) is 6.28. The molecule has 0 unspecified atom stereocenters. The lowest BCUT2D eigenvalue weighted by Gasteiger charge is -2.15. The van der Waals surface area contributed by atoms with Crippen LogP contribution in [0.1, 0.15) is 23.1 Å². The van der Waals surface area contributed by atoms with Crippen molar-refractivity contribution in [1.29, 1.82) is 0 Å². The minimum atomic E-state index is -4.67. The highest BCUT2D eigenvalue weighted by Gasteiger charge is 2.34. The van der Waals surface area contributed by atoms with Gasteiger partial charge < -0.3 is 14.0 Å². The third-order valence-electron chi connectivity index (χ3n) is 5.57. The van der Waals surface area contributed by atoms with Crippen molar-refractivity contribution in [3.63, 3.8) is 0 Å². The second kappa shape index (κ2) is 10.4. The third kappa shape index (κ3) is 6.37. The number of carbonyl (C=O) groups excluding carboxylic acids is 1. The Balaban J connectivity index is 1.94. The Morgan fingerprint density at radius 2 is 1.86 bits per heavy atom. The topological polar surface area (TPSA) is 92.4 Å². The molecular weight excluding hydrogens is 515 g/mol. The van der Waals surface area contributed by atoms with Crippen LogP contribution in [0.3, 0.4) is 0 Å². The zero-order valence-corrected chi connectivity index (χ0v) is 22.7. The minimum Gasteiger partial charge on any atom is -0.461 e. The normalized spacial score (nSPS) is 12.9. The van der Waals surface area contributed by atoms with Crippen LogP contribution in [0.4, 0.5) is 13.2 Å². The van der Waals surface area contributed by atoms with E-state index in [1.165, 1.54) is 32.2 Å². The summed E-state index contributed by atoms with van der Waals surface area (Å²) in [5, 5.41) is 4.79. The van der Waals surface area contributed by atoms with Gasteiger partial charge in [0, 0.05) is 25.8 Å². The van der Waals surface area contributed by atoms with Crippen LogP contribution in [0.2, 0.25) is 25.7 Å². The number of hydrogen-bond donors (Lipinski definition) is 0. The number of hydrogen-bond acceptors (Lipinski definition) is 6. The molecule has 1 aromatic carbocycles. The number of benzene rings is 1. The van der Waals surface area contributed by atoms with Crippen molar-refractivity contribution >= 4 is 34.8 Å². The Hall–Kier alpha value is -2.64. The second-order valence-corrected chi connectivity index (χ2v) is 17.2. The maximum Gasteiger partial charge on any atom is 0.406 e. The second-order valence-electron chi connectivity index (χ2n) is 9.62. The largest absolute Gasteiger partial charge is 0.461 e. The van der Waals surface area contributed by atoms with Gasteiger partial charge in [0.15, 0.2) is 0 Å². The summed E-state index contributed by atoms with van der Waals surface area (Å²) < 4.78 is 79.2. The molecule has 0 aliphatic heterocycles. The third-order valence-corrected chi connectivity index (χ3v) is 9.14. The summed E-state index contributed by atoms with van der Waals surface area (Å²) in [7, 11) is -5.50. The maximum atomic E-state index is 13.4. The van der Waals surface area contributed by atoms with Crippen molar-refractivity contribution < 1.29 is 35.9 Å². The average Bonchev–Trinajstić information content (AvgIpc) is 3.31. The highest BCUT2D eigenvalue weighted by atomic mass is 32.2. The first-order chi connectivity index (χ1) is 16.6. The van der Waals surface area contributed by atoms with E-state index in [2.05, 4.69) is 24.7 Å². The Bertz CT molecular complexity index is 1360. The number of ether oxygens (including phenoxy) is 2. The molecule has 0 saturated carbocycles. The molecule has 0 N–H and O–H groups in total. The molecule has 0 saturated heterocycles. The van der Waals surface area contributed by atoms with E-state index in [1.807, 2.05) is 0 Å². The van der Waals surface area contributed by atoms with Gasteiger partial charge in [-0.2, -0.15) is 18.3 Å². The number of esters is 1. The molecule has 0 aliphatic carbocycles. The van der Waals surface area contributed by atoms with Gasteiger partial charge in [-0.3, -0.25) is 0 Å². The zero-order chi connectivity index (χ0) is 26.9. The molecule has 0 bridgehead atoms. The van der Waals surface area contributed by atoms with Gasteiger partial charge in [-0.05, 0) is 44.2 Å². The van der Waals surface area contributed by atoms with Gasteiger partial charge in [0.2, 0.25) is 9.84 Å². The van der Waals surface area contributed by atoms with E-state index in [4.69, 9.17) is 9.47 Å². The van der Waals surface area contributed by atoms with Crippen molar-refractivity contribution in [2.75, 3.05) is 13.2 Å². The molecule has 3 rings (SSSR count). The van der Waals surface area contributed by atoms with E-state index >= 15 is 0 Å². The molecule has 13 heteroatoms. The molecule has 0 fully saturated rings. The molecule has 0 amide bonds. The quantitative estimate of drug-likeness (QED) is 0.202. The number of rotatable bonds is 10. The van der Waals surface area contributed by atoms with Gasteiger partial charge in [0.05, 0.1) is 28.1 Å². The van der Waals surface area contributed by atoms with Crippen LogP contribution in [0.15, 0.2) is 40.3 Å². The van der Waals surface area contributed by atoms with Gasteiger partial charge in [-0.15, -0.1) is 0 Å². The molecule has 2 aromatic heterocycles. The number of carbonyl (C=O) groups is 1. The van der Waals surface area contributed by atoms with Crippen LogP contribution in [0.25, 0.3) is 10.9 Å². The molecule has 3 aromatic rings. The van der Waals surface area contributed by atoms with Crippen LogP contribution in [-0.4, -0.2) is 56.2 Å². The fraction of sp³-hybridized carbons (Fsp3) is 0.478. The Morgan fingerprint density at radius 3 is 2.47 bits per heavy atom. The van der Waals surface area contributed by atoms with Gasteiger partial charge in [0.25, 0.3) is 0 Å². The summed E-state index contributed by atoms with van der Waals surface area (Å²) >= 11 is 0. The molecule has 0 atom stereocenters. The van der Waals surface area contributed by atoms with E-state index in [-0.39, 0.29) is 23.9 Å². The number of alkyl halides is 3. The lowest BCUT2D eigenvalue weighted by molar-refractivity contribution is -0.141. The van der Waals surface area contributed by atoms with E-state index in [0.717, 1.165) is 12.1 Å². The lowest BCUT2D eigenvalue weighted by Crippen LogP contribution is -2.22. The molecule has 8 nitrogen and oxygen atoms in total. The molecular formula is C23H30F3N3O5SSi. The van der Waals surface area contributed by atoms with Crippen molar-refractivity contribution in [2.24, 2.45) is 0 Å². The molecule has 0 spiro atoms. The Morgan fingerprint density at radius 1 is 1.17 bits per heavy atom. The van der Waals surface area contributed by atoms with Gasteiger partial charge in [0.1, 0.15) is 19.0 Å². The lowest BCUT2D eigenvalue weighted by atomic mass is 10.2. The Kier molecular flexibility index (Phi) is 8.06. The van der Waals surface area contributed by atoms with Crippen molar-refractivity contribution in [2.45, 2.75) is 68.8 Å². The summed E-state index contributed by atoms with van der Waals surface area (Å²) in [6.45, 7) is 8.69. The number of halogens is 3. The van der Waals surface area contributed by atoms with Crippen LogP contribution >= 0.6 is 0 Å². The van der Waals surface area contributed by atoms with Crippen molar-refractivity contribution in [3.8, 4) is 0 Å². The summed E-state index contributed by atoms with van der Waals surface area (Å²) in [5.74, 6) is -1.03. The van der Waals surface area contributed by atoms with Crippen LogP contribution in [0, 0.1) is 6.92 Å². The van der Waals surface area contributed by atoms with Crippen molar-refractivity contribution in [1.82, 2.24) is 14.3 Å². The standard InChI is InChI=1S/C23H30F3N3O5SSi/c1-6-34-22(30)20-12-21(16(2)28(20)14-23(24,25)26)35(31,32)18-7-8-19-17(11-18)13-27-29(19)15-33-9-10-36(3,4)5/h7-8,11-13H,6,9-10,14-15H2,1-5H3. The minimum absolute atomic E-state index is 0.0698. The fourth-order valence-electron chi connectivity index (χ4n) is 3.64. The van der Waals surface area contributed by atoms with Gasteiger partial charge in [-0.1, -0.05) is 19.6 Å². The van der Waals surface area contributed by atoms with Crippen LogP contribution in [0.5, 0.6) is 0 Å². The highest BCUT2D eigenvalue weighted by Crippen LogP contribution is 2.31. The average molecular weight is 546 g/mol. The molecule has 2 heterocycles. The van der Waals surface area contributed by atoms with Gasteiger partial charge in [-0.25, -0.2) is 17.9 Å². The highest BCUT2D eigenvalue weighted by molar-refractivity contribution is 7.91. The van der Waals surface area contributed by atoms with Gasteiger partial charge >= 0.3 is 12.1 Å². The van der Waals surface area contributed by atoms with Crippen molar-refractivity contribution in [3.05, 3.63) is 41.9 Å². The molecule has 0 radical (unpaired) electrons. The van der Waals surface area contributed by atoms with E-state index < -0.39 is 47.2 Å². The maximum absolute atomic E-state index is 13.4. The predicted molar refractivity (Wildman–Crippen MR) is 130 cm³/mol. The number of nitrogens with zero attached hydrogens (tertiary/aromatic N) is 3. The van der Waals surface area contributed by atoms with Crippen LogP contribution < -0.4 is 0 Å². The monoisotopic (exact) mass is 545 g/mol. The predicted octanol–water partition coefficient (Wildman–Crippen LogP) is 5.03. The first kappa shape index (κ1) is 27.9. The van der Waals surface area contributed by atoms with E-state index in [0.29, 0.717) is 22.1 Å². The smallest absolute Gasteiger partial charge is 0.406 e. The fourth-order valence-corrected chi connectivity index (χ4v) is 5.95. The number of aromatic nitrogens is 3. The number of sulfone groups is 1. The summed E-state index contributed by atoms with van der Waals surface area (Å²) in [5.41, 5.74) is -0.0305. The molecule has 36 heavy (non-hydrogen) atoms. The molecule has 0 aliphatic rings. The Labute approximate surface area is 208 Å². The first-order valence-electron chi connectivity index (χ1n) is 11.4. The first-order valence-corrected chi connectivity index (χ1v) is 16.6. The van der Waals surface area contributed by atoms with Crippen LogP contribution in [-0.2, 0) is 32.6 Å². The number of fused-ring (bicyclic) bond motifs is 1. The zero-order valence-electron chi connectivity index (χ0n) is 20.8. The summed E-state index contributed by atoms with van der Waals surface area (Å²) in [4.78, 5) is 11.8. The van der Waals surface area contributed by atoms with E-state index in [9.17, 15) is 26.4 Å². The van der Waals surface area contributed by atoms with E-state index in [1.54, 1.807) is 10.7 Å². The molecule has 198 valence electrons. The SMILES string of the molecule is CCOC(=O)c1cc(S(=O)(=O)c2ccc3c(cnn3COCC[Si](C)(C)C)c2)c(C)n1CC(F)(F)F.